The molecular weight excluding hydrogens is 354 g/mol. The molecule has 1 saturated heterocycles. The zero-order chi connectivity index (χ0) is 19.5. The summed E-state index contributed by atoms with van der Waals surface area (Å²) in [6, 6.07) is 10.1. The van der Waals surface area contributed by atoms with Gasteiger partial charge in [-0.05, 0) is 31.2 Å². The average molecular weight is 381 g/mol. The van der Waals surface area contributed by atoms with Gasteiger partial charge in [-0.2, -0.15) is 5.10 Å². The molecule has 1 aliphatic rings. The second-order valence-electron chi connectivity index (χ2n) is 7.14. The zero-order valence-corrected chi connectivity index (χ0v) is 16.5. The molecular formula is C21H27N5O2. The predicted molar refractivity (Wildman–Crippen MR) is 109 cm³/mol. The SMILES string of the molecule is COc1cccc(CN2CCC(c3nn(CCN)c4ncccc34)C2)c1OC. The van der Waals surface area contributed by atoms with Gasteiger partial charge in [0.05, 0.1) is 26.5 Å². The molecule has 2 aromatic heterocycles. The van der Waals surface area contributed by atoms with Crippen molar-refractivity contribution in [3.63, 3.8) is 0 Å². The Morgan fingerprint density at radius 3 is 2.86 bits per heavy atom. The van der Waals surface area contributed by atoms with Gasteiger partial charge in [0, 0.05) is 42.7 Å². The van der Waals surface area contributed by atoms with Gasteiger partial charge in [-0.25, -0.2) is 9.67 Å². The third kappa shape index (κ3) is 3.43. The number of likely N-dealkylation sites (tertiary alicyclic amines) is 1. The van der Waals surface area contributed by atoms with E-state index in [1.54, 1.807) is 14.2 Å². The Morgan fingerprint density at radius 2 is 2.07 bits per heavy atom. The van der Waals surface area contributed by atoms with Crippen LogP contribution in [0.5, 0.6) is 11.5 Å². The van der Waals surface area contributed by atoms with Crippen LogP contribution in [-0.4, -0.2) is 53.5 Å². The van der Waals surface area contributed by atoms with Crippen LogP contribution in [0.1, 0.15) is 23.6 Å². The number of pyridine rings is 1. The van der Waals surface area contributed by atoms with Crippen molar-refractivity contribution in [2.75, 3.05) is 33.9 Å². The van der Waals surface area contributed by atoms with Crippen LogP contribution in [-0.2, 0) is 13.1 Å². The van der Waals surface area contributed by atoms with Crippen LogP contribution in [0.15, 0.2) is 36.5 Å². The van der Waals surface area contributed by atoms with Crippen LogP contribution in [0.3, 0.4) is 0 Å². The van der Waals surface area contributed by atoms with E-state index in [9.17, 15) is 0 Å². The van der Waals surface area contributed by atoms with Crippen molar-refractivity contribution in [2.24, 2.45) is 5.73 Å². The Hall–Kier alpha value is -2.64. The summed E-state index contributed by atoms with van der Waals surface area (Å²) in [4.78, 5) is 6.97. The number of nitrogens with zero attached hydrogens (tertiary/aromatic N) is 4. The van der Waals surface area contributed by atoms with E-state index in [0.717, 1.165) is 59.8 Å². The molecule has 2 N–H and O–H groups in total. The first-order valence-electron chi connectivity index (χ1n) is 9.69. The van der Waals surface area contributed by atoms with Gasteiger partial charge in [0.25, 0.3) is 0 Å². The maximum Gasteiger partial charge on any atom is 0.165 e. The molecule has 7 nitrogen and oxygen atoms in total. The Bertz CT molecular complexity index is 955. The molecule has 0 amide bonds. The highest BCUT2D eigenvalue weighted by molar-refractivity contribution is 5.78. The Morgan fingerprint density at radius 1 is 1.18 bits per heavy atom. The number of benzene rings is 1. The van der Waals surface area contributed by atoms with Crippen molar-refractivity contribution in [1.29, 1.82) is 0 Å². The molecule has 1 aliphatic heterocycles. The molecule has 28 heavy (non-hydrogen) atoms. The number of hydrogen-bond donors (Lipinski definition) is 1. The quantitative estimate of drug-likeness (QED) is 0.677. The highest BCUT2D eigenvalue weighted by Gasteiger charge is 2.29. The van der Waals surface area contributed by atoms with Gasteiger partial charge in [-0.3, -0.25) is 4.90 Å². The lowest BCUT2D eigenvalue weighted by Crippen LogP contribution is -2.20. The van der Waals surface area contributed by atoms with E-state index >= 15 is 0 Å². The van der Waals surface area contributed by atoms with Crippen molar-refractivity contribution in [3.8, 4) is 11.5 Å². The van der Waals surface area contributed by atoms with Gasteiger partial charge in [0.15, 0.2) is 17.1 Å². The number of methoxy groups -OCH3 is 2. The number of hydrogen-bond acceptors (Lipinski definition) is 6. The van der Waals surface area contributed by atoms with Crippen molar-refractivity contribution in [1.82, 2.24) is 19.7 Å². The summed E-state index contributed by atoms with van der Waals surface area (Å²) in [5, 5.41) is 6.01. The molecule has 0 radical (unpaired) electrons. The minimum Gasteiger partial charge on any atom is -0.493 e. The molecule has 7 heteroatoms. The molecule has 1 aromatic carbocycles. The van der Waals surface area contributed by atoms with Crippen molar-refractivity contribution >= 4 is 11.0 Å². The van der Waals surface area contributed by atoms with E-state index in [1.807, 2.05) is 29.1 Å². The molecule has 0 bridgehead atoms. The third-order valence-electron chi connectivity index (χ3n) is 5.41. The zero-order valence-electron chi connectivity index (χ0n) is 16.5. The molecule has 4 rings (SSSR count). The summed E-state index contributed by atoms with van der Waals surface area (Å²) in [5.41, 5.74) is 8.96. The number of ether oxygens (including phenoxy) is 2. The summed E-state index contributed by atoms with van der Waals surface area (Å²) in [5.74, 6) is 1.98. The summed E-state index contributed by atoms with van der Waals surface area (Å²) in [7, 11) is 3.36. The first-order chi connectivity index (χ1) is 13.7. The van der Waals surface area contributed by atoms with Gasteiger partial charge in [0.1, 0.15) is 0 Å². The molecule has 1 unspecified atom stereocenters. The summed E-state index contributed by atoms with van der Waals surface area (Å²) >= 11 is 0. The predicted octanol–water partition coefficient (Wildman–Crippen LogP) is 2.40. The number of fused-ring (bicyclic) bond motifs is 1. The smallest absolute Gasteiger partial charge is 0.165 e. The number of rotatable bonds is 7. The van der Waals surface area contributed by atoms with Crippen LogP contribution in [0.2, 0.25) is 0 Å². The van der Waals surface area contributed by atoms with Crippen LogP contribution >= 0.6 is 0 Å². The maximum atomic E-state index is 5.75. The largest absolute Gasteiger partial charge is 0.493 e. The molecule has 0 spiro atoms. The highest BCUT2D eigenvalue weighted by Crippen LogP contribution is 2.35. The fourth-order valence-electron chi connectivity index (χ4n) is 4.13. The van der Waals surface area contributed by atoms with Crippen molar-refractivity contribution in [3.05, 3.63) is 47.8 Å². The second kappa shape index (κ2) is 8.16. The number of nitrogens with two attached hydrogens (primary N) is 1. The van der Waals surface area contributed by atoms with Crippen molar-refractivity contribution < 1.29 is 9.47 Å². The summed E-state index contributed by atoms with van der Waals surface area (Å²) in [6.07, 6.45) is 2.90. The topological polar surface area (TPSA) is 78.4 Å². The first kappa shape index (κ1) is 18.7. The average Bonchev–Trinajstić information content (AvgIpc) is 3.33. The maximum absolute atomic E-state index is 5.75. The Kier molecular flexibility index (Phi) is 5.45. The molecule has 3 aromatic rings. The van der Waals surface area contributed by atoms with Crippen LogP contribution in [0.4, 0.5) is 0 Å². The number of para-hydroxylation sites is 1. The second-order valence-corrected chi connectivity index (χ2v) is 7.14. The van der Waals surface area contributed by atoms with E-state index in [4.69, 9.17) is 20.3 Å². The standard InChI is InChI=1S/C21H27N5O2/c1-27-18-7-3-5-16(20(18)28-2)14-25-11-8-15(13-25)19-17-6-4-10-23-21(17)26(24-19)12-9-22/h3-7,10,15H,8-9,11-14,22H2,1-2H3. The van der Waals surface area contributed by atoms with Crippen LogP contribution in [0, 0.1) is 0 Å². The van der Waals surface area contributed by atoms with Gasteiger partial charge in [-0.1, -0.05) is 12.1 Å². The molecule has 3 heterocycles. The first-order valence-corrected chi connectivity index (χ1v) is 9.69. The molecule has 1 atom stereocenters. The van der Waals surface area contributed by atoms with Crippen molar-refractivity contribution in [2.45, 2.75) is 25.4 Å². The fourth-order valence-corrected chi connectivity index (χ4v) is 4.13. The molecule has 0 aliphatic carbocycles. The van der Waals surface area contributed by atoms with E-state index in [1.165, 1.54) is 0 Å². The Balaban J connectivity index is 1.55. The normalized spacial score (nSPS) is 17.3. The van der Waals surface area contributed by atoms with E-state index in [-0.39, 0.29) is 0 Å². The summed E-state index contributed by atoms with van der Waals surface area (Å²) < 4.78 is 13.0. The summed E-state index contributed by atoms with van der Waals surface area (Å²) in [6.45, 7) is 4.06. The Labute approximate surface area is 165 Å². The number of aromatic nitrogens is 3. The van der Waals surface area contributed by atoms with Gasteiger partial charge < -0.3 is 15.2 Å². The van der Waals surface area contributed by atoms with E-state index < -0.39 is 0 Å². The molecule has 148 valence electrons. The van der Waals surface area contributed by atoms with E-state index in [2.05, 4.69) is 22.0 Å². The monoisotopic (exact) mass is 381 g/mol. The van der Waals surface area contributed by atoms with Gasteiger partial charge in [0.2, 0.25) is 0 Å². The lowest BCUT2D eigenvalue weighted by atomic mass is 10.0. The van der Waals surface area contributed by atoms with Crippen LogP contribution in [0.25, 0.3) is 11.0 Å². The van der Waals surface area contributed by atoms with Gasteiger partial charge in [-0.15, -0.1) is 0 Å². The lowest BCUT2D eigenvalue weighted by Gasteiger charge is -2.19. The van der Waals surface area contributed by atoms with Gasteiger partial charge >= 0.3 is 0 Å². The molecule has 0 saturated carbocycles. The lowest BCUT2D eigenvalue weighted by molar-refractivity contribution is 0.308. The van der Waals surface area contributed by atoms with E-state index in [0.29, 0.717) is 19.0 Å². The fraction of sp³-hybridized carbons (Fsp3) is 0.429. The molecule has 1 fully saturated rings. The minimum absolute atomic E-state index is 0.391. The minimum atomic E-state index is 0.391. The highest BCUT2D eigenvalue weighted by atomic mass is 16.5. The third-order valence-corrected chi connectivity index (χ3v) is 5.41. The van der Waals surface area contributed by atoms with Crippen LogP contribution < -0.4 is 15.2 Å².